The summed E-state index contributed by atoms with van der Waals surface area (Å²) >= 11 is 0. The first kappa shape index (κ1) is 13.8. The molecule has 0 aliphatic heterocycles. The summed E-state index contributed by atoms with van der Waals surface area (Å²) in [4.78, 5) is 0. The number of aliphatic hydroxyl groups is 1. The number of rotatable bonds is 4. The second kappa shape index (κ2) is 5.54. The summed E-state index contributed by atoms with van der Waals surface area (Å²) in [7, 11) is 0. The predicted octanol–water partition coefficient (Wildman–Crippen LogP) is 3.63. The molecule has 1 unspecified atom stereocenters. The maximum atomic E-state index is 12.9. The van der Waals surface area contributed by atoms with Gasteiger partial charge in [0.1, 0.15) is 5.82 Å². The first-order valence-electron chi connectivity index (χ1n) is 6.46. The highest BCUT2D eigenvalue weighted by atomic mass is 19.1. The molecule has 0 aromatic heterocycles. The van der Waals surface area contributed by atoms with Gasteiger partial charge in [-0.1, -0.05) is 48.9 Å². The van der Waals surface area contributed by atoms with Gasteiger partial charge in [-0.2, -0.15) is 0 Å². The average molecular weight is 258 g/mol. The van der Waals surface area contributed by atoms with Gasteiger partial charge in [0.15, 0.2) is 0 Å². The molecule has 0 aliphatic carbocycles. The highest BCUT2D eigenvalue weighted by molar-refractivity contribution is 5.31. The van der Waals surface area contributed by atoms with E-state index >= 15 is 0 Å². The van der Waals surface area contributed by atoms with E-state index in [1.54, 1.807) is 12.1 Å². The van der Waals surface area contributed by atoms with Gasteiger partial charge in [-0.05, 0) is 36.6 Å². The zero-order valence-corrected chi connectivity index (χ0v) is 11.4. The molecular formula is C17H19FO. The molecule has 0 amide bonds. The van der Waals surface area contributed by atoms with E-state index in [1.807, 2.05) is 26.0 Å². The third kappa shape index (κ3) is 3.21. The SMILES string of the molecule is Cc1ccc(C(C)(CO)Cc2ccc(F)cc2)cc1. The maximum absolute atomic E-state index is 12.9. The normalized spacial score (nSPS) is 14.1. The van der Waals surface area contributed by atoms with Gasteiger partial charge < -0.3 is 5.11 Å². The van der Waals surface area contributed by atoms with Gasteiger partial charge in [0.05, 0.1) is 6.61 Å². The summed E-state index contributed by atoms with van der Waals surface area (Å²) in [5.41, 5.74) is 2.99. The van der Waals surface area contributed by atoms with E-state index in [-0.39, 0.29) is 17.8 Å². The molecule has 2 aromatic carbocycles. The lowest BCUT2D eigenvalue weighted by molar-refractivity contribution is 0.204. The fourth-order valence-electron chi connectivity index (χ4n) is 2.26. The van der Waals surface area contributed by atoms with E-state index in [9.17, 15) is 9.50 Å². The molecule has 19 heavy (non-hydrogen) atoms. The summed E-state index contributed by atoms with van der Waals surface area (Å²) < 4.78 is 12.9. The predicted molar refractivity (Wildman–Crippen MR) is 75.7 cm³/mol. The molecule has 1 nitrogen and oxygen atoms in total. The first-order valence-corrected chi connectivity index (χ1v) is 6.46. The zero-order valence-electron chi connectivity index (χ0n) is 11.4. The number of aryl methyl sites for hydroxylation is 1. The Morgan fingerprint density at radius 1 is 1.00 bits per heavy atom. The van der Waals surface area contributed by atoms with Crippen molar-refractivity contribution in [1.82, 2.24) is 0 Å². The molecule has 1 atom stereocenters. The molecule has 2 heteroatoms. The molecular weight excluding hydrogens is 239 g/mol. The van der Waals surface area contributed by atoms with Gasteiger partial charge in [0.2, 0.25) is 0 Å². The largest absolute Gasteiger partial charge is 0.395 e. The van der Waals surface area contributed by atoms with E-state index in [1.165, 1.54) is 17.7 Å². The maximum Gasteiger partial charge on any atom is 0.123 e. The highest BCUT2D eigenvalue weighted by Gasteiger charge is 2.26. The summed E-state index contributed by atoms with van der Waals surface area (Å²) in [6.07, 6.45) is 0.687. The van der Waals surface area contributed by atoms with Crippen LogP contribution in [0.4, 0.5) is 4.39 Å². The van der Waals surface area contributed by atoms with Crippen molar-refractivity contribution in [2.45, 2.75) is 25.7 Å². The van der Waals surface area contributed by atoms with E-state index in [2.05, 4.69) is 12.1 Å². The Morgan fingerprint density at radius 2 is 1.58 bits per heavy atom. The summed E-state index contributed by atoms with van der Waals surface area (Å²) in [6, 6.07) is 14.7. The van der Waals surface area contributed by atoms with Gasteiger partial charge in [0, 0.05) is 5.41 Å². The first-order chi connectivity index (χ1) is 9.03. The molecule has 0 spiro atoms. The van der Waals surface area contributed by atoms with Crippen molar-refractivity contribution in [1.29, 1.82) is 0 Å². The Morgan fingerprint density at radius 3 is 2.11 bits per heavy atom. The summed E-state index contributed by atoms with van der Waals surface area (Å²) in [5.74, 6) is -0.232. The number of hydrogen-bond acceptors (Lipinski definition) is 1. The minimum atomic E-state index is -0.342. The van der Waals surface area contributed by atoms with Crippen LogP contribution in [-0.2, 0) is 11.8 Å². The van der Waals surface area contributed by atoms with Gasteiger partial charge in [-0.3, -0.25) is 0 Å². The molecule has 0 bridgehead atoms. The lowest BCUT2D eigenvalue weighted by atomic mass is 9.78. The Bertz CT molecular complexity index is 530. The Hall–Kier alpha value is -1.67. The van der Waals surface area contributed by atoms with Crippen LogP contribution < -0.4 is 0 Å². The topological polar surface area (TPSA) is 20.2 Å². The van der Waals surface area contributed by atoms with Gasteiger partial charge in [-0.15, -0.1) is 0 Å². The van der Waals surface area contributed by atoms with Crippen LogP contribution in [0.25, 0.3) is 0 Å². The van der Waals surface area contributed by atoms with Crippen molar-refractivity contribution in [3.63, 3.8) is 0 Å². The number of benzene rings is 2. The van der Waals surface area contributed by atoms with Crippen molar-refractivity contribution >= 4 is 0 Å². The molecule has 2 aromatic rings. The molecule has 0 aliphatic rings. The lowest BCUT2D eigenvalue weighted by Gasteiger charge is -2.28. The summed E-state index contributed by atoms with van der Waals surface area (Å²) in [5, 5.41) is 9.75. The minimum absolute atomic E-state index is 0.0629. The Balaban J connectivity index is 2.27. The van der Waals surface area contributed by atoms with Crippen molar-refractivity contribution in [2.24, 2.45) is 0 Å². The number of hydrogen-bond donors (Lipinski definition) is 1. The van der Waals surface area contributed by atoms with Crippen molar-refractivity contribution in [3.8, 4) is 0 Å². The quantitative estimate of drug-likeness (QED) is 0.888. The molecule has 0 radical (unpaired) electrons. The van der Waals surface area contributed by atoms with Gasteiger partial charge in [0.25, 0.3) is 0 Å². The van der Waals surface area contributed by atoms with Gasteiger partial charge in [-0.25, -0.2) is 4.39 Å². The van der Waals surface area contributed by atoms with E-state index in [0.717, 1.165) is 11.1 Å². The van der Waals surface area contributed by atoms with Crippen LogP contribution in [0.5, 0.6) is 0 Å². The van der Waals surface area contributed by atoms with Crippen LogP contribution in [0, 0.1) is 12.7 Å². The van der Waals surface area contributed by atoms with Crippen LogP contribution in [-0.4, -0.2) is 11.7 Å². The lowest BCUT2D eigenvalue weighted by Crippen LogP contribution is -2.29. The molecule has 0 saturated carbocycles. The molecule has 1 N–H and O–H groups in total. The van der Waals surface area contributed by atoms with Crippen molar-refractivity contribution in [3.05, 3.63) is 71.0 Å². The Kier molecular flexibility index (Phi) is 4.01. The monoisotopic (exact) mass is 258 g/mol. The van der Waals surface area contributed by atoms with Crippen molar-refractivity contribution in [2.75, 3.05) is 6.61 Å². The van der Waals surface area contributed by atoms with E-state index in [0.29, 0.717) is 6.42 Å². The number of aliphatic hydroxyl groups excluding tert-OH is 1. The molecule has 100 valence electrons. The highest BCUT2D eigenvalue weighted by Crippen LogP contribution is 2.28. The molecule has 0 fully saturated rings. The average Bonchev–Trinajstić information content (AvgIpc) is 2.42. The third-order valence-electron chi connectivity index (χ3n) is 3.61. The smallest absolute Gasteiger partial charge is 0.123 e. The van der Waals surface area contributed by atoms with Crippen LogP contribution in [0.15, 0.2) is 48.5 Å². The van der Waals surface area contributed by atoms with Crippen molar-refractivity contribution < 1.29 is 9.50 Å². The van der Waals surface area contributed by atoms with Gasteiger partial charge >= 0.3 is 0 Å². The molecule has 0 heterocycles. The Labute approximate surface area is 113 Å². The van der Waals surface area contributed by atoms with E-state index < -0.39 is 0 Å². The molecule has 0 saturated heterocycles. The fourth-order valence-corrected chi connectivity index (χ4v) is 2.26. The van der Waals surface area contributed by atoms with Crippen LogP contribution >= 0.6 is 0 Å². The second-order valence-electron chi connectivity index (χ2n) is 5.39. The minimum Gasteiger partial charge on any atom is -0.395 e. The van der Waals surface area contributed by atoms with Crippen LogP contribution in [0.1, 0.15) is 23.6 Å². The molecule has 2 rings (SSSR count). The summed E-state index contributed by atoms with van der Waals surface area (Å²) in [6.45, 7) is 4.13. The standard InChI is InChI=1S/C17H19FO/c1-13-3-7-15(8-4-13)17(2,12-19)11-14-5-9-16(18)10-6-14/h3-10,19H,11-12H2,1-2H3. The fraction of sp³-hybridized carbons (Fsp3) is 0.294. The van der Waals surface area contributed by atoms with E-state index in [4.69, 9.17) is 0 Å². The van der Waals surface area contributed by atoms with Crippen LogP contribution in [0.2, 0.25) is 0 Å². The number of halogens is 1. The van der Waals surface area contributed by atoms with Crippen LogP contribution in [0.3, 0.4) is 0 Å². The third-order valence-corrected chi connectivity index (χ3v) is 3.61. The second-order valence-corrected chi connectivity index (χ2v) is 5.39. The zero-order chi connectivity index (χ0) is 13.9.